The van der Waals surface area contributed by atoms with Crippen LogP contribution >= 0.6 is 0 Å². The number of benzene rings is 1. The van der Waals surface area contributed by atoms with Gasteiger partial charge in [-0.25, -0.2) is 9.48 Å². The fourth-order valence-corrected chi connectivity index (χ4v) is 2.59. The molecule has 0 bridgehead atoms. The van der Waals surface area contributed by atoms with Crippen molar-refractivity contribution in [2.45, 2.75) is 25.8 Å². The molecule has 1 saturated carbocycles. The predicted molar refractivity (Wildman–Crippen MR) is 83.1 cm³/mol. The van der Waals surface area contributed by atoms with Crippen molar-refractivity contribution in [2.75, 3.05) is 11.4 Å². The smallest absolute Gasteiger partial charge is 0.358 e. The maximum Gasteiger partial charge on any atom is 0.358 e. The number of aromatic nitrogens is 3. The van der Waals surface area contributed by atoms with Gasteiger partial charge in [-0.3, -0.25) is 4.79 Å². The Hall–Kier alpha value is -2.70. The largest absolute Gasteiger partial charge is 0.476 e. The van der Waals surface area contributed by atoms with E-state index in [9.17, 15) is 9.59 Å². The van der Waals surface area contributed by atoms with Crippen LogP contribution in [0.4, 0.5) is 5.69 Å². The zero-order valence-corrected chi connectivity index (χ0v) is 12.6. The summed E-state index contributed by atoms with van der Waals surface area (Å²) in [6, 6.07) is 9.51. The number of carboxylic acids is 1. The molecule has 0 saturated heterocycles. The summed E-state index contributed by atoms with van der Waals surface area (Å²) in [6.07, 6.45) is 4.77. The molecule has 0 radical (unpaired) electrons. The van der Waals surface area contributed by atoms with E-state index in [0.29, 0.717) is 12.5 Å². The molecule has 120 valence electrons. The number of hydrogen-bond donors (Lipinski definition) is 1. The summed E-state index contributed by atoms with van der Waals surface area (Å²) in [5, 5.41) is 16.1. The molecular weight excluding hydrogens is 296 g/mol. The first-order chi connectivity index (χ1) is 11.1. The van der Waals surface area contributed by atoms with Crippen molar-refractivity contribution in [2.24, 2.45) is 5.92 Å². The minimum Gasteiger partial charge on any atom is -0.476 e. The Kier molecular flexibility index (Phi) is 4.36. The number of anilines is 1. The Morgan fingerprint density at radius 3 is 2.57 bits per heavy atom. The van der Waals surface area contributed by atoms with Crippen LogP contribution in [0.25, 0.3) is 0 Å². The van der Waals surface area contributed by atoms with Gasteiger partial charge in [0, 0.05) is 12.2 Å². The van der Waals surface area contributed by atoms with E-state index in [0.717, 1.165) is 18.5 Å². The Bertz CT molecular complexity index is 694. The Morgan fingerprint density at radius 2 is 2.00 bits per heavy atom. The number of hydrogen-bond acceptors (Lipinski definition) is 4. The topological polar surface area (TPSA) is 88.3 Å². The van der Waals surface area contributed by atoms with Crippen LogP contribution in [0.15, 0.2) is 36.5 Å². The summed E-state index contributed by atoms with van der Waals surface area (Å²) in [5.74, 6) is -0.743. The predicted octanol–water partition coefficient (Wildman–Crippen LogP) is 1.81. The minimum absolute atomic E-state index is 0.0259. The van der Waals surface area contributed by atoms with Crippen molar-refractivity contribution in [3.8, 4) is 0 Å². The van der Waals surface area contributed by atoms with E-state index in [2.05, 4.69) is 10.3 Å². The van der Waals surface area contributed by atoms with E-state index in [1.807, 2.05) is 30.3 Å². The second-order valence-corrected chi connectivity index (χ2v) is 5.74. The Morgan fingerprint density at radius 1 is 1.26 bits per heavy atom. The quantitative estimate of drug-likeness (QED) is 0.878. The zero-order chi connectivity index (χ0) is 16.2. The van der Waals surface area contributed by atoms with Gasteiger partial charge in [-0.2, -0.15) is 0 Å². The molecular formula is C16H18N4O3. The van der Waals surface area contributed by atoms with E-state index in [-0.39, 0.29) is 18.1 Å². The lowest BCUT2D eigenvalue weighted by Crippen LogP contribution is -2.39. The summed E-state index contributed by atoms with van der Waals surface area (Å²) in [5.41, 5.74) is 0.686. The number of aromatic carboxylic acids is 1. The van der Waals surface area contributed by atoms with Crippen molar-refractivity contribution >= 4 is 17.6 Å². The molecule has 7 nitrogen and oxygen atoms in total. The molecule has 0 spiro atoms. The highest BCUT2D eigenvalue weighted by Gasteiger charge is 2.25. The lowest BCUT2D eigenvalue weighted by Gasteiger charge is -2.32. The summed E-state index contributed by atoms with van der Waals surface area (Å²) in [7, 11) is 0. The van der Waals surface area contributed by atoms with E-state index in [1.165, 1.54) is 17.3 Å². The molecule has 1 heterocycles. The average Bonchev–Trinajstić information content (AvgIpc) is 2.95. The van der Waals surface area contributed by atoms with Gasteiger partial charge in [0.2, 0.25) is 5.91 Å². The van der Waals surface area contributed by atoms with Crippen LogP contribution in [0, 0.1) is 5.92 Å². The van der Waals surface area contributed by atoms with Crippen LogP contribution in [0.1, 0.15) is 29.8 Å². The van der Waals surface area contributed by atoms with Gasteiger partial charge in [-0.1, -0.05) is 29.8 Å². The van der Waals surface area contributed by atoms with Gasteiger partial charge in [0.05, 0.1) is 6.20 Å². The molecule has 0 aliphatic heterocycles. The van der Waals surface area contributed by atoms with Crippen LogP contribution in [0.3, 0.4) is 0 Å². The van der Waals surface area contributed by atoms with E-state index < -0.39 is 5.97 Å². The molecule has 0 unspecified atom stereocenters. The molecule has 1 amide bonds. The van der Waals surface area contributed by atoms with Crippen molar-refractivity contribution < 1.29 is 14.7 Å². The molecule has 1 aliphatic rings. The lowest BCUT2D eigenvalue weighted by atomic mass is 9.85. The molecule has 1 N–H and O–H groups in total. The highest BCUT2D eigenvalue weighted by Crippen LogP contribution is 2.29. The number of para-hydroxylation sites is 1. The SMILES string of the molecule is O=C(O)c1cn(CC(=O)N(CC2CCC2)c2ccccc2)nn1. The van der Waals surface area contributed by atoms with Gasteiger partial charge in [-0.05, 0) is 30.9 Å². The third-order valence-electron chi connectivity index (χ3n) is 4.09. The third-order valence-corrected chi connectivity index (χ3v) is 4.09. The number of carbonyl (C=O) groups is 2. The van der Waals surface area contributed by atoms with E-state index in [1.54, 1.807) is 4.90 Å². The maximum absolute atomic E-state index is 12.7. The molecule has 2 aromatic rings. The number of carbonyl (C=O) groups excluding carboxylic acids is 1. The summed E-state index contributed by atoms with van der Waals surface area (Å²) in [6.45, 7) is 0.658. The zero-order valence-electron chi connectivity index (χ0n) is 12.6. The highest BCUT2D eigenvalue weighted by molar-refractivity contribution is 5.93. The summed E-state index contributed by atoms with van der Waals surface area (Å²) < 4.78 is 1.27. The molecule has 1 aromatic carbocycles. The number of amides is 1. The molecule has 0 atom stereocenters. The summed E-state index contributed by atoms with van der Waals surface area (Å²) in [4.78, 5) is 25.2. The van der Waals surface area contributed by atoms with Crippen LogP contribution in [-0.4, -0.2) is 38.5 Å². The van der Waals surface area contributed by atoms with Crippen LogP contribution in [0.2, 0.25) is 0 Å². The second-order valence-electron chi connectivity index (χ2n) is 5.74. The molecule has 7 heteroatoms. The van der Waals surface area contributed by atoms with Gasteiger partial charge in [0.1, 0.15) is 6.54 Å². The number of carboxylic acid groups (broad SMARTS) is 1. The highest BCUT2D eigenvalue weighted by atomic mass is 16.4. The van der Waals surface area contributed by atoms with Gasteiger partial charge in [-0.15, -0.1) is 5.10 Å². The number of rotatable bonds is 6. The van der Waals surface area contributed by atoms with E-state index in [4.69, 9.17) is 5.11 Å². The molecule has 3 rings (SSSR count). The van der Waals surface area contributed by atoms with Gasteiger partial charge in [0.25, 0.3) is 0 Å². The third kappa shape index (κ3) is 3.56. The van der Waals surface area contributed by atoms with Gasteiger partial charge < -0.3 is 10.0 Å². The maximum atomic E-state index is 12.7. The molecule has 1 aliphatic carbocycles. The van der Waals surface area contributed by atoms with Crippen molar-refractivity contribution in [1.82, 2.24) is 15.0 Å². The molecule has 1 fully saturated rings. The standard InChI is InChI=1S/C16H18N4O3/c21-15(11-19-10-14(16(22)23)17-18-19)20(9-12-5-4-6-12)13-7-2-1-3-8-13/h1-3,7-8,10,12H,4-6,9,11H2,(H,22,23). The van der Waals surface area contributed by atoms with Crippen LogP contribution in [-0.2, 0) is 11.3 Å². The first-order valence-electron chi connectivity index (χ1n) is 7.62. The van der Waals surface area contributed by atoms with Crippen molar-refractivity contribution in [3.63, 3.8) is 0 Å². The first-order valence-corrected chi connectivity index (χ1v) is 7.62. The molecule has 1 aromatic heterocycles. The van der Waals surface area contributed by atoms with Gasteiger partial charge in [0.15, 0.2) is 5.69 Å². The molecule has 23 heavy (non-hydrogen) atoms. The van der Waals surface area contributed by atoms with Gasteiger partial charge >= 0.3 is 5.97 Å². The summed E-state index contributed by atoms with van der Waals surface area (Å²) >= 11 is 0. The monoisotopic (exact) mass is 314 g/mol. The fourth-order valence-electron chi connectivity index (χ4n) is 2.59. The van der Waals surface area contributed by atoms with E-state index >= 15 is 0 Å². The average molecular weight is 314 g/mol. The van der Waals surface area contributed by atoms with Crippen molar-refractivity contribution in [1.29, 1.82) is 0 Å². The van der Waals surface area contributed by atoms with Crippen LogP contribution in [0.5, 0.6) is 0 Å². The normalized spacial score (nSPS) is 14.3. The number of nitrogens with zero attached hydrogens (tertiary/aromatic N) is 4. The van der Waals surface area contributed by atoms with Crippen LogP contribution < -0.4 is 4.90 Å². The fraction of sp³-hybridized carbons (Fsp3) is 0.375. The first kappa shape index (κ1) is 15.2. The Balaban J connectivity index is 1.74. The van der Waals surface area contributed by atoms with Crippen molar-refractivity contribution in [3.05, 3.63) is 42.2 Å². The minimum atomic E-state index is -1.15. The lowest BCUT2D eigenvalue weighted by molar-refractivity contribution is -0.119. The second kappa shape index (κ2) is 6.60. The Labute approximate surface area is 133 Å².